The van der Waals surface area contributed by atoms with Crippen molar-refractivity contribution in [1.29, 1.82) is 0 Å². The average molecular weight is 570 g/mol. The van der Waals surface area contributed by atoms with Crippen molar-refractivity contribution in [3.05, 3.63) is 34.4 Å². The molecule has 4 heterocycles. The lowest BCUT2D eigenvalue weighted by Crippen LogP contribution is -2.73. The largest absolute Gasteiger partial charge is 0.507 e. The predicted molar refractivity (Wildman–Crippen MR) is 134 cm³/mol. The molecule has 3 saturated heterocycles. The van der Waals surface area contributed by atoms with Crippen LogP contribution >= 0.6 is 0 Å². The summed E-state index contributed by atoms with van der Waals surface area (Å²) in [7, 11) is 2.73. The molecule has 0 radical (unpaired) electrons. The molecule has 6 atom stereocenters. The Morgan fingerprint density at radius 1 is 1.07 bits per heavy atom. The van der Waals surface area contributed by atoms with Crippen LogP contribution in [0.3, 0.4) is 0 Å². The first-order valence-corrected chi connectivity index (χ1v) is 13.2. The molecule has 3 fully saturated rings. The van der Waals surface area contributed by atoms with Gasteiger partial charge < -0.3 is 43.9 Å². The first-order chi connectivity index (χ1) is 19.4. The molecule has 0 saturated carbocycles. The molecule has 5 aliphatic rings. The summed E-state index contributed by atoms with van der Waals surface area (Å²) in [6.45, 7) is 1.13. The van der Waals surface area contributed by atoms with E-state index in [1.165, 1.54) is 31.2 Å². The molecule has 2 aromatic carbocycles. The van der Waals surface area contributed by atoms with Crippen LogP contribution in [0.4, 0.5) is 0 Å². The lowest BCUT2D eigenvalue weighted by atomic mass is 9.65. The molecule has 1 amide bonds. The Bertz CT molecular complexity index is 1600. The number of fused-ring (bicyclic) bond motifs is 4. The van der Waals surface area contributed by atoms with Crippen LogP contribution in [0.1, 0.15) is 62.8 Å². The van der Waals surface area contributed by atoms with Crippen molar-refractivity contribution in [2.75, 3.05) is 20.8 Å². The molecule has 0 aromatic heterocycles. The first kappa shape index (κ1) is 26.3. The maximum atomic E-state index is 14.6. The number of hydrogen-bond acceptors (Lipinski definition) is 12. The highest BCUT2D eigenvalue weighted by Gasteiger charge is 2.86. The molecule has 2 aromatic rings. The number of phenolic OH excluding ortho intramolecular Hbond substituents is 2. The Morgan fingerprint density at radius 2 is 1.83 bits per heavy atom. The van der Waals surface area contributed by atoms with Crippen LogP contribution < -0.4 is 0 Å². The van der Waals surface area contributed by atoms with Gasteiger partial charge in [-0.2, -0.15) is 0 Å². The summed E-state index contributed by atoms with van der Waals surface area (Å²) >= 11 is 0. The zero-order valence-corrected chi connectivity index (χ0v) is 22.4. The number of ether oxygens (including phenoxy) is 5. The number of aliphatic hydroxyl groups is 1. The quantitative estimate of drug-likeness (QED) is 0.446. The maximum absolute atomic E-state index is 14.6. The van der Waals surface area contributed by atoms with E-state index in [-0.39, 0.29) is 52.6 Å². The highest BCUT2D eigenvalue weighted by Crippen LogP contribution is 2.61. The number of methoxy groups -OCH3 is 1. The van der Waals surface area contributed by atoms with Crippen molar-refractivity contribution in [3.8, 4) is 11.5 Å². The van der Waals surface area contributed by atoms with Gasteiger partial charge in [-0.05, 0) is 36.4 Å². The van der Waals surface area contributed by atoms with Crippen LogP contribution in [0.2, 0.25) is 0 Å². The van der Waals surface area contributed by atoms with E-state index >= 15 is 0 Å². The summed E-state index contributed by atoms with van der Waals surface area (Å²) in [5, 5.41) is 32.8. The standard InChI is InChI=1S/C28H27NO12/c1-11-15(30)4-5-18(39-11)41-26-10-38-27(37-3)8-17(32)40-28(26,27)24(35)21-13(23(26)34)6-12-7-16(31)20-14(19(12)22(21)33)9-29(2)25(20)36/h6-7,11,15,18,30-31,33H,4-5,8-10H2,1-3H3/t11-,15-,18-,26-,27+,28+/m0/s1. The molecule has 216 valence electrons. The molecule has 1 aliphatic carbocycles. The Morgan fingerprint density at radius 3 is 2.54 bits per heavy atom. The minimum absolute atomic E-state index is 0.0193. The van der Waals surface area contributed by atoms with Gasteiger partial charge in [0.15, 0.2) is 6.29 Å². The molecule has 7 rings (SSSR count). The molecule has 4 aliphatic heterocycles. The number of amides is 1. The number of phenols is 2. The summed E-state index contributed by atoms with van der Waals surface area (Å²) in [6, 6.07) is 2.58. The fourth-order valence-corrected chi connectivity index (χ4v) is 7.10. The number of aliphatic hydroxyl groups excluding tert-OH is 1. The molecular weight excluding hydrogens is 542 g/mol. The topological polar surface area (TPSA) is 178 Å². The van der Waals surface area contributed by atoms with E-state index in [1.807, 2.05) is 0 Å². The van der Waals surface area contributed by atoms with Gasteiger partial charge in [-0.25, -0.2) is 0 Å². The maximum Gasteiger partial charge on any atom is 0.312 e. The van der Waals surface area contributed by atoms with Crippen molar-refractivity contribution in [1.82, 2.24) is 4.90 Å². The van der Waals surface area contributed by atoms with Crippen LogP contribution in [-0.2, 0) is 35.0 Å². The van der Waals surface area contributed by atoms with Gasteiger partial charge >= 0.3 is 5.97 Å². The van der Waals surface area contributed by atoms with Crippen LogP contribution in [-0.4, -0.2) is 99.9 Å². The van der Waals surface area contributed by atoms with Gasteiger partial charge in [0.2, 0.25) is 23.0 Å². The Balaban J connectivity index is 1.49. The SMILES string of the molecule is CO[C@@]12CC(=O)O[C@@]13C(=O)c1c(cc4cc(O)c5c(c4c1O)CN(C)C5=O)C(=O)[C@@]3(O[C@H]1CC[C@H](O)[C@H](C)O1)CO2. The van der Waals surface area contributed by atoms with Gasteiger partial charge in [0.25, 0.3) is 11.5 Å². The Labute approximate surface area is 232 Å². The van der Waals surface area contributed by atoms with Gasteiger partial charge in [0, 0.05) is 38.1 Å². The second-order valence-corrected chi connectivity index (χ2v) is 11.3. The van der Waals surface area contributed by atoms with Gasteiger partial charge in [-0.1, -0.05) is 0 Å². The second-order valence-electron chi connectivity index (χ2n) is 11.3. The van der Waals surface area contributed by atoms with E-state index in [0.29, 0.717) is 0 Å². The molecule has 13 heteroatoms. The lowest BCUT2D eigenvalue weighted by molar-refractivity contribution is -0.277. The highest BCUT2D eigenvalue weighted by atomic mass is 16.8. The molecule has 0 unspecified atom stereocenters. The van der Waals surface area contributed by atoms with Crippen LogP contribution in [0, 0.1) is 0 Å². The number of aromatic hydroxyl groups is 2. The van der Waals surface area contributed by atoms with Gasteiger partial charge in [0.05, 0.1) is 29.9 Å². The van der Waals surface area contributed by atoms with E-state index in [9.17, 15) is 34.5 Å². The third kappa shape index (κ3) is 2.97. The smallest absolute Gasteiger partial charge is 0.312 e. The minimum Gasteiger partial charge on any atom is -0.507 e. The van der Waals surface area contributed by atoms with E-state index in [0.717, 1.165) is 0 Å². The van der Waals surface area contributed by atoms with Crippen molar-refractivity contribution in [2.45, 2.75) is 68.2 Å². The van der Waals surface area contributed by atoms with Crippen molar-refractivity contribution >= 4 is 34.2 Å². The number of esters is 1. The van der Waals surface area contributed by atoms with E-state index in [2.05, 4.69) is 0 Å². The molecule has 41 heavy (non-hydrogen) atoms. The number of Topliss-reactive ketones (excluding diaryl/α,β-unsaturated/α-hetero) is 2. The fourth-order valence-electron chi connectivity index (χ4n) is 7.10. The van der Waals surface area contributed by atoms with Crippen LogP contribution in [0.15, 0.2) is 12.1 Å². The second kappa shape index (κ2) is 8.23. The average Bonchev–Trinajstić information content (AvgIpc) is 3.50. The molecule has 13 nitrogen and oxygen atoms in total. The summed E-state index contributed by atoms with van der Waals surface area (Å²) in [5.74, 6) is -6.14. The third-order valence-corrected chi connectivity index (χ3v) is 9.12. The number of rotatable bonds is 3. The number of benzene rings is 2. The fraction of sp³-hybridized carbons (Fsp3) is 0.500. The number of carbonyl (C=O) groups excluding carboxylic acids is 4. The highest BCUT2D eigenvalue weighted by molar-refractivity contribution is 6.28. The van der Waals surface area contributed by atoms with Crippen LogP contribution in [0.25, 0.3) is 10.8 Å². The summed E-state index contributed by atoms with van der Waals surface area (Å²) in [6.07, 6.45) is -2.58. The number of hydrogen-bond donors (Lipinski definition) is 3. The lowest BCUT2D eigenvalue weighted by Gasteiger charge is -2.47. The zero-order chi connectivity index (χ0) is 29.2. The van der Waals surface area contributed by atoms with Crippen LogP contribution in [0.5, 0.6) is 11.5 Å². The number of carbonyl (C=O) groups is 4. The third-order valence-electron chi connectivity index (χ3n) is 9.12. The summed E-state index contributed by atoms with van der Waals surface area (Å²) < 4.78 is 29.4. The Kier molecular flexibility index (Phi) is 5.28. The molecule has 3 N–H and O–H groups in total. The van der Waals surface area contributed by atoms with Crippen molar-refractivity contribution in [3.63, 3.8) is 0 Å². The molecular formula is C28H27NO12. The van der Waals surface area contributed by atoms with E-state index in [4.69, 9.17) is 23.7 Å². The van der Waals surface area contributed by atoms with Crippen molar-refractivity contribution < 1.29 is 58.2 Å². The zero-order valence-electron chi connectivity index (χ0n) is 22.4. The number of nitrogens with zero attached hydrogens (tertiary/aromatic N) is 1. The van der Waals surface area contributed by atoms with E-state index < -0.39 is 83.3 Å². The normalized spacial score (nSPS) is 35.9. The summed E-state index contributed by atoms with van der Waals surface area (Å²) in [5.41, 5.74) is -5.16. The number of ketones is 2. The van der Waals surface area contributed by atoms with Gasteiger partial charge in [-0.3, -0.25) is 19.2 Å². The molecule has 1 spiro atoms. The minimum atomic E-state index is -2.48. The first-order valence-electron chi connectivity index (χ1n) is 13.2. The van der Waals surface area contributed by atoms with Gasteiger partial charge in [0.1, 0.15) is 17.9 Å². The Hall–Kier alpha value is -3.62. The monoisotopic (exact) mass is 569 g/mol. The van der Waals surface area contributed by atoms with Crippen molar-refractivity contribution in [2.24, 2.45) is 0 Å². The summed E-state index contributed by atoms with van der Waals surface area (Å²) in [4.78, 5) is 56.1. The predicted octanol–water partition coefficient (Wildman–Crippen LogP) is 0.915. The van der Waals surface area contributed by atoms with Gasteiger partial charge in [-0.15, -0.1) is 0 Å². The molecule has 0 bridgehead atoms. The van der Waals surface area contributed by atoms with E-state index in [1.54, 1.807) is 6.92 Å².